The van der Waals surface area contributed by atoms with Crippen LogP contribution in [0, 0.1) is 0 Å². The number of ketones is 1. The van der Waals surface area contributed by atoms with Crippen LogP contribution in [0.3, 0.4) is 0 Å². The number of thiazole rings is 1. The fraction of sp³-hybridized carbons (Fsp3) is 0.286. The van der Waals surface area contributed by atoms with E-state index < -0.39 is 23.5 Å². The Morgan fingerprint density at radius 3 is 2.50 bits per heavy atom. The fourth-order valence-corrected chi connectivity index (χ4v) is 6.08. The van der Waals surface area contributed by atoms with Gasteiger partial charge in [0.15, 0.2) is 28.2 Å². The molecule has 0 aliphatic carbocycles. The maximum Gasteiger partial charge on any atom is 0.296 e. The van der Waals surface area contributed by atoms with Gasteiger partial charge < -0.3 is 19.3 Å². The molecule has 0 saturated heterocycles. The highest BCUT2D eigenvalue weighted by molar-refractivity contribution is 7.22. The third-order valence-electron chi connectivity index (χ3n) is 7.15. The molecule has 0 radical (unpaired) electrons. The van der Waals surface area contributed by atoms with Crippen LogP contribution in [0.2, 0.25) is 0 Å². The molecule has 1 aliphatic rings. The maximum atomic E-state index is 13.7. The van der Waals surface area contributed by atoms with Crippen molar-refractivity contribution >= 4 is 44.5 Å². The van der Waals surface area contributed by atoms with Crippen LogP contribution in [0.1, 0.15) is 57.2 Å². The van der Waals surface area contributed by atoms with E-state index in [0.29, 0.717) is 53.3 Å². The number of aliphatic hydroxyl groups excluding tert-OH is 1. The van der Waals surface area contributed by atoms with E-state index in [0.717, 1.165) is 29.5 Å². The molecule has 2 heterocycles. The highest BCUT2D eigenvalue weighted by Gasteiger charge is 2.45. The molecule has 1 aromatic heterocycles. The number of unbranched alkanes of at least 4 members (excludes halogenated alkanes) is 2. The number of hydrogen-bond donors (Lipinski definition) is 1. The molecule has 0 fully saturated rings. The monoisotopic (exact) mass is 612 g/mol. The van der Waals surface area contributed by atoms with Crippen molar-refractivity contribution in [1.82, 2.24) is 4.98 Å². The predicted octanol–water partition coefficient (Wildman–Crippen LogP) is 7.85. The zero-order chi connectivity index (χ0) is 31.1. The van der Waals surface area contributed by atoms with Crippen molar-refractivity contribution in [2.75, 3.05) is 24.7 Å². The second-order valence-electron chi connectivity index (χ2n) is 10.2. The molecule has 44 heavy (non-hydrogen) atoms. The van der Waals surface area contributed by atoms with Crippen molar-refractivity contribution in [3.63, 3.8) is 0 Å². The second kappa shape index (κ2) is 14.2. The predicted molar refractivity (Wildman–Crippen MR) is 174 cm³/mol. The molecule has 5 rings (SSSR count). The lowest BCUT2D eigenvalue weighted by molar-refractivity contribution is -0.117. The first kappa shape index (κ1) is 30.8. The maximum absolute atomic E-state index is 13.7. The average Bonchev–Trinajstić information content (AvgIpc) is 3.57. The molecule has 1 N–H and O–H groups in total. The van der Waals surface area contributed by atoms with E-state index in [-0.39, 0.29) is 5.57 Å². The van der Waals surface area contributed by atoms with Gasteiger partial charge in [-0.2, -0.15) is 0 Å². The number of aromatic nitrogens is 1. The van der Waals surface area contributed by atoms with Gasteiger partial charge in [0, 0.05) is 0 Å². The molecule has 4 aromatic rings. The van der Waals surface area contributed by atoms with E-state index in [4.69, 9.17) is 19.2 Å². The van der Waals surface area contributed by atoms with E-state index in [1.807, 2.05) is 62.4 Å². The minimum atomic E-state index is -0.948. The first-order chi connectivity index (χ1) is 21.4. The highest BCUT2D eigenvalue weighted by atomic mass is 32.1. The molecule has 1 atom stereocenters. The van der Waals surface area contributed by atoms with Crippen LogP contribution in [0.15, 0.2) is 84.1 Å². The third-order valence-corrected chi connectivity index (χ3v) is 8.17. The van der Waals surface area contributed by atoms with Crippen molar-refractivity contribution in [1.29, 1.82) is 0 Å². The molecule has 228 valence electrons. The number of allylic oxidation sites excluding steroid dienone is 1. The van der Waals surface area contributed by atoms with Crippen molar-refractivity contribution in [2.45, 2.75) is 46.1 Å². The van der Waals surface area contributed by atoms with Gasteiger partial charge in [-0.25, -0.2) is 4.98 Å². The van der Waals surface area contributed by atoms with Crippen LogP contribution in [-0.2, 0) is 9.59 Å². The van der Waals surface area contributed by atoms with Crippen LogP contribution in [-0.4, -0.2) is 41.6 Å². The molecule has 1 aliphatic heterocycles. The van der Waals surface area contributed by atoms with Crippen LogP contribution >= 0.6 is 11.3 Å². The molecule has 0 spiro atoms. The Morgan fingerprint density at radius 2 is 1.75 bits per heavy atom. The first-order valence-corrected chi connectivity index (χ1v) is 15.7. The second-order valence-corrected chi connectivity index (χ2v) is 11.2. The van der Waals surface area contributed by atoms with Crippen LogP contribution < -0.4 is 19.1 Å². The highest BCUT2D eigenvalue weighted by Crippen LogP contribution is 2.45. The molecule has 0 saturated carbocycles. The Labute approximate surface area is 261 Å². The van der Waals surface area contributed by atoms with Gasteiger partial charge in [-0.15, -0.1) is 0 Å². The number of carbonyl (C=O) groups is 2. The lowest BCUT2D eigenvalue weighted by Crippen LogP contribution is -2.30. The Hall–Kier alpha value is -4.63. The summed E-state index contributed by atoms with van der Waals surface area (Å²) >= 11 is 1.29. The van der Waals surface area contributed by atoms with Gasteiger partial charge in [-0.05, 0) is 67.8 Å². The summed E-state index contributed by atoms with van der Waals surface area (Å²) in [6.07, 6.45) is 6.10. The van der Waals surface area contributed by atoms with E-state index in [1.165, 1.54) is 22.3 Å². The van der Waals surface area contributed by atoms with E-state index in [9.17, 15) is 14.7 Å². The van der Waals surface area contributed by atoms with E-state index >= 15 is 0 Å². The minimum absolute atomic E-state index is 0.0319. The summed E-state index contributed by atoms with van der Waals surface area (Å²) in [5.74, 6) is -0.0186. The number of benzene rings is 3. The number of amides is 1. The summed E-state index contributed by atoms with van der Waals surface area (Å²) in [5, 5.41) is 11.6. The Balaban J connectivity index is 1.58. The Morgan fingerprint density at radius 1 is 0.955 bits per heavy atom. The molecule has 9 heteroatoms. The number of ether oxygens (including phenoxy) is 3. The van der Waals surface area contributed by atoms with Gasteiger partial charge in [0.2, 0.25) is 0 Å². The van der Waals surface area contributed by atoms with Gasteiger partial charge in [-0.3, -0.25) is 14.5 Å². The normalized spacial score (nSPS) is 15.0. The fourth-order valence-electron chi connectivity index (χ4n) is 5.06. The standard InChI is InChI=1S/C35H36N2O6S/c1-4-7-11-20-43-28-19-15-24(21-29(28)42-6-3)32-31(27(38)18-14-23-12-9-8-10-13-23)33(39)34(40)37(32)35-36-26-17-16-25(41-5-2)22-30(26)44-35/h8-10,12-19,21-22,32,39H,4-7,11,20H2,1-3H3/b18-14+. The molecule has 8 nitrogen and oxygen atoms in total. The topological polar surface area (TPSA) is 98.2 Å². The quantitative estimate of drug-likeness (QED) is 0.114. The molecule has 0 bridgehead atoms. The summed E-state index contributed by atoms with van der Waals surface area (Å²) in [7, 11) is 0. The van der Waals surface area contributed by atoms with Gasteiger partial charge in [0.1, 0.15) is 5.75 Å². The van der Waals surface area contributed by atoms with Gasteiger partial charge in [-0.1, -0.05) is 73.6 Å². The lowest BCUT2D eigenvalue weighted by Gasteiger charge is -2.25. The van der Waals surface area contributed by atoms with Crippen molar-refractivity contribution in [3.8, 4) is 17.2 Å². The van der Waals surface area contributed by atoms with Crippen molar-refractivity contribution in [3.05, 3.63) is 95.3 Å². The van der Waals surface area contributed by atoms with Crippen LogP contribution in [0.5, 0.6) is 17.2 Å². The molecule has 1 amide bonds. The number of carbonyl (C=O) groups excluding carboxylic acids is 2. The summed E-state index contributed by atoms with van der Waals surface area (Å²) in [6, 6.07) is 19.3. The van der Waals surface area contributed by atoms with E-state index in [1.54, 1.807) is 24.3 Å². The summed E-state index contributed by atoms with van der Waals surface area (Å²) in [4.78, 5) is 33.6. The molecular formula is C35H36N2O6S. The largest absolute Gasteiger partial charge is 0.503 e. The minimum Gasteiger partial charge on any atom is -0.503 e. The first-order valence-electron chi connectivity index (χ1n) is 14.9. The number of hydrogen-bond acceptors (Lipinski definition) is 8. The zero-order valence-corrected chi connectivity index (χ0v) is 25.9. The average molecular weight is 613 g/mol. The Kier molecular flexibility index (Phi) is 9.96. The Bertz CT molecular complexity index is 1690. The van der Waals surface area contributed by atoms with Gasteiger partial charge in [0.25, 0.3) is 5.91 Å². The molecule has 1 unspecified atom stereocenters. The van der Waals surface area contributed by atoms with E-state index in [2.05, 4.69) is 6.92 Å². The number of aliphatic hydroxyl groups is 1. The van der Waals surface area contributed by atoms with Crippen molar-refractivity contribution in [2.24, 2.45) is 0 Å². The zero-order valence-electron chi connectivity index (χ0n) is 25.1. The number of anilines is 1. The van der Waals surface area contributed by atoms with Crippen LogP contribution in [0.4, 0.5) is 5.13 Å². The number of nitrogens with zero attached hydrogens (tertiary/aromatic N) is 2. The van der Waals surface area contributed by atoms with Crippen molar-refractivity contribution < 1.29 is 28.9 Å². The third kappa shape index (κ3) is 6.63. The smallest absolute Gasteiger partial charge is 0.296 e. The molecule has 3 aromatic carbocycles. The summed E-state index contributed by atoms with van der Waals surface area (Å²) in [6.45, 7) is 7.39. The number of rotatable bonds is 14. The van der Waals surface area contributed by atoms with Crippen LogP contribution in [0.25, 0.3) is 16.3 Å². The molecular weight excluding hydrogens is 576 g/mol. The van der Waals surface area contributed by atoms with Gasteiger partial charge >= 0.3 is 0 Å². The summed E-state index contributed by atoms with van der Waals surface area (Å²) < 4.78 is 18.4. The SMILES string of the molecule is CCCCCOc1ccc(C2C(C(=O)/C=C/c3ccccc3)=C(O)C(=O)N2c2nc3ccc(OCC)cc3s2)cc1OCC. The lowest BCUT2D eigenvalue weighted by atomic mass is 9.95. The summed E-state index contributed by atoms with van der Waals surface area (Å²) in [5.41, 5.74) is 2.04. The number of fused-ring (bicyclic) bond motifs is 1. The van der Waals surface area contributed by atoms with Gasteiger partial charge in [0.05, 0.1) is 41.7 Å².